The van der Waals surface area contributed by atoms with Crippen LogP contribution in [0.15, 0.2) is 47.2 Å². The molecule has 0 spiro atoms. The zero-order chi connectivity index (χ0) is 16.9. The SMILES string of the molecule is O=C(Nc1ccc(C(=O)NC2CCCC2)cc1)c1cncc(Br)c1. The fraction of sp³-hybridized carbons (Fsp3) is 0.278. The Morgan fingerprint density at radius 1 is 1.00 bits per heavy atom. The van der Waals surface area contributed by atoms with E-state index in [1.807, 2.05) is 0 Å². The Labute approximate surface area is 149 Å². The van der Waals surface area contributed by atoms with Crippen molar-refractivity contribution in [2.24, 2.45) is 0 Å². The third kappa shape index (κ3) is 4.20. The average Bonchev–Trinajstić information content (AvgIpc) is 3.08. The van der Waals surface area contributed by atoms with Crippen LogP contribution in [0.4, 0.5) is 5.69 Å². The highest BCUT2D eigenvalue weighted by Gasteiger charge is 2.17. The van der Waals surface area contributed by atoms with Gasteiger partial charge in [0.25, 0.3) is 11.8 Å². The zero-order valence-electron chi connectivity index (χ0n) is 13.1. The molecule has 2 amide bonds. The molecule has 6 heteroatoms. The van der Waals surface area contributed by atoms with Gasteiger partial charge in [0.05, 0.1) is 5.56 Å². The van der Waals surface area contributed by atoms with Crippen molar-refractivity contribution in [3.05, 3.63) is 58.3 Å². The van der Waals surface area contributed by atoms with E-state index in [4.69, 9.17) is 0 Å². The molecule has 5 nitrogen and oxygen atoms in total. The minimum absolute atomic E-state index is 0.0593. The Morgan fingerprint density at radius 3 is 2.38 bits per heavy atom. The summed E-state index contributed by atoms with van der Waals surface area (Å²) in [6.45, 7) is 0. The van der Waals surface area contributed by atoms with Gasteiger partial charge < -0.3 is 10.6 Å². The van der Waals surface area contributed by atoms with Gasteiger partial charge in [-0.3, -0.25) is 14.6 Å². The Morgan fingerprint density at radius 2 is 1.71 bits per heavy atom. The number of halogens is 1. The lowest BCUT2D eigenvalue weighted by Crippen LogP contribution is -2.32. The minimum Gasteiger partial charge on any atom is -0.349 e. The van der Waals surface area contributed by atoms with Crippen molar-refractivity contribution in [3.63, 3.8) is 0 Å². The Balaban J connectivity index is 1.61. The Hall–Kier alpha value is -2.21. The molecule has 1 saturated carbocycles. The summed E-state index contributed by atoms with van der Waals surface area (Å²) >= 11 is 3.29. The molecule has 1 aliphatic rings. The minimum atomic E-state index is -0.244. The van der Waals surface area contributed by atoms with Gasteiger partial charge in [-0.1, -0.05) is 12.8 Å². The standard InChI is InChI=1S/C18H18BrN3O2/c19-14-9-13(10-20-11-14)18(24)22-16-7-5-12(6-8-16)17(23)21-15-3-1-2-4-15/h5-11,15H,1-4H2,(H,21,23)(H,22,24). The molecule has 0 bridgehead atoms. The summed E-state index contributed by atoms with van der Waals surface area (Å²) in [4.78, 5) is 28.3. The molecule has 1 aromatic carbocycles. The van der Waals surface area contributed by atoms with Crippen molar-refractivity contribution in [2.45, 2.75) is 31.7 Å². The molecule has 1 fully saturated rings. The highest BCUT2D eigenvalue weighted by molar-refractivity contribution is 9.10. The van der Waals surface area contributed by atoms with Crippen LogP contribution < -0.4 is 10.6 Å². The lowest BCUT2D eigenvalue weighted by molar-refractivity contribution is 0.0937. The summed E-state index contributed by atoms with van der Waals surface area (Å²) in [7, 11) is 0. The number of benzene rings is 1. The number of carbonyl (C=O) groups excluding carboxylic acids is 2. The number of hydrogen-bond donors (Lipinski definition) is 2. The van der Waals surface area contributed by atoms with Crippen LogP contribution in [0.2, 0.25) is 0 Å². The first-order valence-electron chi connectivity index (χ1n) is 7.94. The maximum absolute atomic E-state index is 12.2. The number of nitrogens with one attached hydrogen (secondary N) is 2. The van der Waals surface area contributed by atoms with E-state index in [0.29, 0.717) is 22.9 Å². The van der Waals surface area contributed by atoms with Crippen molar-refractivity contribution in [2.75, 3.05) is 5.32 Å². The van der Waals surface area contributed by atoms with Gasteiger partial charge >= 0.3 is 0 Å². The average molecular weight is 388 g/mol. The van der Waals surface area contributed by atoms with E-state index in [-0.39, 0.29) is 11.8 Å². The van der Waals surface area contributed by atoms with E-state index in [2.05, 4.69) is 31.5 Å². The molecule has 24 heavy (non-hydrogen) atoms. The summed E-state index contributed by atoms with van der Waals surface area (Å²) in [5, 5.41) is 5.84. The van der Waals surface area contributed by atoms with E-state index in [1.165, 1.54) is 19.0 Å². The molecular weight excluding hydrogens is 370 g/mol. The van der Waals surface area contributed by atoms with Crippen molar-refractivity contribution in [1.82, 2.24) is 10.3 Å². The van der Waals surface area contributed by atoms with E-state index in [1.54, 1.807) is 36.5 Å². The molecule has 1 aromatic heterocycles. The summed E-state index contributed by atoms with van der Waals surface area (Å²) in [6.07, 6.45) is 7.60. The van der Waals surface area contributed by atoms with Crippen molar-refractivity contribution in [3.8, 4) is 0 Å². The highest BCUT2D eigenvalue weighted by Crippen LogP contribution is 2.19. The summed E-state index contributed by atoms with van der Waals surface area (Å²) in [5.41, 5.74) is 1.70. The molecule has 0 unspecified atom stereocenters. The van der Waals surface area contributed by atoms with Gasteiger partial charge in [-0.25, -0.2) is 0 Å². The fourth-order valence-corrected chi connectivity index (χ4v) is 3.15. The van der Waals surface area contributed by atoms with Crippen molar-refractivity contribution in [1.29, 1.82) is 0 Å². The molecule has 3 rings (SSSR count). The second-order valence-electron chi connectivity index (χ2n) is 5.88. The van der Waals surface area contributed by atoms with Crippen LogP contribution >= 0.6 is 15.9 Å². The van der Waals surface area contributed by atoms with Gasteiger partial charge in [0.1, 0.15) is 0 Å². The first-order chi connectivity index (χ1) is 11.6. The number of rotatable bonds is 4. The van der Waals surface area contributed by atoms with Gasteiger partial charge in [-0.05, 0) is 59.1 Å². The van der Waals surface area contributed by atoms with Crippen LogP contribution in [0.3, 0.4) is 0 Å². The first kappa shape index (κ1) is 16.6. The van der Waals surface area contributed by atoms with Crippen LogP contribution in [0, 0.1) is 0 Å². The lowest BCUT2D eigenvalue weighted by atomic mass is 10.1. The second kappa shape index (κ2) is 7.57. The zero-order valence-corrected chi connectivity index (χ0v) is 14.7. The van der Waals surface area contributed by atoms with Gasteiger partial charge in [0.2, 0.25) is 0 Å². The quantitative estimate of drug-likeness (QED) is 0.838. The number of carbonyl (C=O) groups is 2. The van der Waals surface area contributed by atoms with Gasteiger partial charge in [0.15, 0.2) is 0 Å². The number of amides is 2. The summed E-state index contributed by atoms with van der Waals surface area (Å²) in [6, 6.07) is 8.89. The van der Waals surface area contributed by atoms with E-state index < -0.39 is 0 Å². The molecule has 2 aromatic rings. The monoisotopic (exact) mass is 387 g/mol. The predicted octanol–water partition coefficient (Wildman–Crippen LogP) is 3.77. The number of nitrogens with zero attached hydrogens (tertiary/aromatic N) is 1. The van der Waals surface area contributed by atoms with Gasteiger partial charge in [-0.15, -0.1) is 0 Å². The van der Waals surface area contributed by atoms with Crippen LogP contribution in [-0.2, 0) is 0 Å². The third-order valence-electron chi connectivity index (χ3n) is 4.06. The molecule has 0 atom stereocenters. The largest absolute Gasteiger partial charge is 0.349 e. The first-order valence-corrected chi connectivity index (χ1v) is 8.74. The molecule has 0 aliphatic heterocycles. The van der Waals surface area contributed by atoms with Crippen LogP contribution in [0.1, 0.15) is 46.4 Å². The van der Waals surface area contributed by atoms with E-state index in [9.17, 15) is 9.59 Å². The molecule has 1 heterocycles. The molecule has 124 valence electrons. The predicted molar refractivity (Wildman–Crippen MR) is 96.1 cm³/mol. The van der Waals surface area contributed by atoms with Gasteiger partial charge in [-0.2, -0.15) is 0 Å². The van der Waals surface area contributed by atoms with Crippen molar-refractivity contribution >= 4 is 33.4 Å². The molecule has 0 saturated heterocycles. The number of anilines is 1. The summed E-state index contributed by atoms with van der Waals surface area (Å²) in [5.74, 6) is -0.303. The Kier molecular flexibility index (Phi) is 5.25. The van der Waals surface area contributed by atoms with Crippen molar-refractivity contribution < 1.29 is 9.59 Å². The van der Waals surface area contributed by atoms with E-state index >= 15 is 0 Å². The Bertz CT molecular complexity index is 740. The molecular formula is C18H18BrN3O2. The van der Waals surface area contributed by atoms with Crippen LogP contribution in [-0.4, -0.2) is 22.8 Å². The number of hydrogen-bond acceptors (Lipinski definition) is 3. The second-order valence-corrected chi connectivity index (χ2v) is 6.79. The third-order valence-corrected chi connectivity index (χ3v) is 4.50. The molecule has 2 N–H and O–H groups in total. The van der Waals surface area contributed by atoms with Gasteiger partial charge in [0, 0.05) is 34.2 Å². The van der Waals surface area contributed by atoms with Crippen LogP contribution in [0.5, 0.6) is 0 Å². The highest BCUT2D eigenvalue weighted by atomic mass is 79.9. The summed E-state index contributed by atoms with van der Waals surface area (Å²) < 4.78 is 0.745. The normalized spacial score (nSPS) is 14.4. The smallest absolute Gasteiger partial charge is 0.257 e. The topological polar surface area (TPSA) is 71.1 Å². The molecule has 1 aliphatic carbocycles. The number of aromatic nitrogens is 1. The fourth-order valence-electron chi connectivity index (χ4n) is 2.78. The number of pyridine rings is 1. The molecule has 0 radical (unpaired) electrons. The van der Waals surface area contributed by atoms with E-state index in [0.717, 1.165) is 17.3 Å². The maximum atomic E-state index is 12.2. The lowest BCUT2D eigenvalue weighted by Gasteiger charge is -2.12. The maximum Gasteiger partial charge on any atom is 0.257 e. The van der Waals surface area contributed by atoms with Crippen LogP contribution in [0.25, 0.3) is 0 Å².